The summed E-state index contributed by atoms with van der Waals surface area (Å²) in [6.07, 6.45) is -1.87. The number of carboxylic acid groups (broad SMARTS) is 1. The number of rotatable bonds is 8. The van der Waals surface area contributed by atoms with Gasteiger partial charge in [-0.3, -0.25) is 4.79 Å². The number of hydrogen-bond acceptors (Lipinski definition) is 6. The van der Waals surface area contributed by atoms with E-state index in [4.69, 9.17) is 14.6 Å². The maximum Gasteiger partial charge on any atom is 0.407 e. The second-order valence-corrected chi connectivity index (χ2v) is 8.66. The summed E-state index contributed by atoms with van der Waals surface area (Å²) in [6, 6.07) is 14.8. The zero-order valence-corrected chi connectivity index (χ0v) is 18.8. The minimum atomic E-state index is -1.38. The SMILES string of the molecule is C[C@@H](O)[C@H](NC(=O)[C@@H]1CO[C@H](CNC(=O)OCC2c3ccccc3-c3ccccc32)C1)C(=O)O. The van der Waals surface area contributed by atoms with Crippen LogP contribution in [0.1, 0.15) is 30.4 Å². The van der Waals surface area contributed by atoms with Gasteiger partial charge in [-0.1, -0.05) is 48.5 Å². The molecule has 2 aliphatic rings. The van der Waals surface area contributed by atoms with Crippen LogP contribution in [-0.2, 0) is 19.1 Å². The molecule has 0 aromatic heterocycles. The van der Waals surface area contributed by atoms with Crippen molar-refractivity contribution in [2.45, 2.75) is 37.5 Å². The quantitative estimate of drug-likeness (QED) is 0.465. The van der Waals surface area contributed by atoms with Crippen LogP contribution in [0.5, 0.6) is 0 Å². The molecule has 2 aromatic rings. The Balaban J connectivity index is 1.25. The number of alkyl carbamates (subject to hydrolysis) is 1. The number of hydrogen-bond donors (Lipinski definition) is 4. The second-order valence-electron chi connectivity index (χ2n) is 8.66. The average molecular weight is 469 g/mol. The van der Waals surface area contributed by atoms with Crippen molar-refractivity contribution in [2.24, 2.45) is 5.92 Å². The van der Waals surface area contributed by atoms with E-state index in [9.17, 15) is 19.5 Å². The molecule has 1 heterocycles. The highest BCUT2D eigenvalue weighted by molar-refractivity contribution is 5.85. The smallest absolute Gasteiger partial charge is 0.407 e. The molecule has 0 saturated carbocycles. The molecule has 1 aliphatic heterocycles. The highest BCUT2D eigenvalue weighted by atomic mass is 16.5. The second kappa shape index (κ2) is 10.2. The van der Waals surface area contributed by atoms with Crippen LogP contribution in [0.15, 0.2) is 48.5 Å². The van der Waals surface area contributed by atoms with E-state index in [1.807, 2.05) is 36.4 Å². The molecule has 1 aliphatic carbocycles. The molecule has 1 fully saturated rings. The first-order chi connectivity index (χ1) is 16.3. The third-order valence-electron chi connectivity index (χ3n) is 6.32. The third kappa shape index (κ3) is 5.05. The van der Waals surface area contributed by atoms with Gasteiger partial charge in [0.05, 0.1) is 24.7 Å². The van der Waals surface area contributed by atoms with Gasteiger partial charge in [0.25, 0.3) is 0 Å². The van der Waals surface area contributed by atoms with Gasteiger partial charge in [-0.2, -0.15) is 0 Å². The van der Waals surface area contributed by atoms with Gasteiger partial charge < -0.3 is 30.3 Å². The van der Waals surface area contributed by atoms with E-state index < -0.39 is 42.1 Å². The summed E-state index contributed by atoms with van der Waals surface area (Å²) in [6.45, 7) is 1.77. The van der Waals surface area contributed by atoms with Crippen LogP contribution in [0.25, 0.3) is 11.1 Å². The predicted molar refractivity (Wildman–Crippen MR) is 122 cm³/mol. The Morgan fingerprint density at radius 2 is 1.71 bits per heavy atom. The Kier molecular flexibility index (Phi) is 7.14. The van der Waals surface area contributed by atoms with Gasteiger partial charge in [-0.05, 0) is 35.6 Å². The summed E-state index contributed by atoms with van der Waals surface area (Å²) in [7, 11) is 0. The first-order valence-electron chi connectivity index (χ1n) is 11.3. The molecular formula is C25H28N2O7. The molecule has 4 N–H and O–H groups in total. The Morgan fingerprint density at radius 3 is 2.29 bits per heavy atom. The van der Waals surface area contributed by atoms with Crippen molar-refractivity contribution in [1.29, 1.82) is 0 Å². The van der Waals surface area contributed by atoms with Crippen molar-refractivity contribution in [1.82, 2.24) is 10.6 Å². The van der Waals surface area contributed by atoms with Crippen LogP contribution >= 0.6 is 0 Å². The number of benzene rings is 2. The molecule has 2 amide bonds. The lowest BCUT2D eigenvalue weighted by Gasteiger charge is -2.19. The molecule has 2 aromatic carbocycles. The van der Waals surface area contributed by atoms with E-state index in [2.05, 4.69) is 22.8 Å². The number of fused-ring (bicyclic) bond motifs is 3. The number of aliphatic hydroxyl groups excluding tert-OH is 1. The van der Waals surface area contributed by atoms with Gasteiger partial charge in [0, 0.05) is 12.5 Å². The number of carbonyl (C=O) groups is 3. The fourth-order valence-electron chi connectivity index (χ4n) is 4.54. The first kappa shape index (κ1) is 23.7. The zero-order valence-electron chi connectivity index (χ0n) is 18.8. The highest BCUT2D eigenvalue weighted by Gasteiger charge is 2.35. The summed E-state index contributed by atoms with van der Waals surface area (Å²) in [5.41, 5.74) is 4.55. The maximum absolute atomic E-state index is 12.3. The monoisotopic (exact) mass is 468 g/mol. The van der Waals surface area contributed by atoms with E-state index in [1.165, 1.54) is 6.92 Å². The van der Waals surface area contributed by atoms with Gasteiger partial charge in [0.1, 0.15) is 6.61 Å². The fourth-order valence-corrected chi connectivity index (χ4v) is 4.54. The molecule has 180 valence electrons. The number of amides is 2. The minimum Gasteiger partial charge on any atom is -0.480 e. The van der Waals surface area contributed by atoms with Crippen molar-refractivity contribution < 1.29 is 34.1 Å². The van der Waals surface area contributed by atoms with E-state index in [-0.39, 0.29) is 25.7 Å². The summed E-state index contributed by atoms with van der Waals surface area (Å²) in [4.78, 5) is 35.8. The fraction of sp³-hybridized carbons (Fsp3) is 0.400. The van der Waals surface area contributed by atoms with Crippen LogP contribution in [0, 0.1) is 5.92 Å². The summed E-state index contributed by atoms with van der Waals surface area (Å²) >= 11 is 0. The number of aliphatic carboxylic acids is 1. The van der Waals surface area contributed by atoms with Crippen molar-refractivity contribution >= 4 is 18.0 Å². The van der Waals surface area contributed by atoms with Crippen LogP contribution in [0.2, 0.25) is 0 Å². The topological polar surface area (TPSA) is 134 Å². The van der Waals surface area contributed by atoms with Gasteiger partial charge in [0.2, 0.25) is 5.91 Å². The first-order valence-corrected chi connectivity index (χ1v) is 11.3. The number of carboxylic acids is 1. The van der Waals surface area contributed by atoms with Crippen molar-refractivity contribution in [3.63, 3.8) is 0 Å². The molecule has 4 rings (SSSR count). The Hall–Kier alpha value is -3.43. The van der Waals surface area contributed by atoms with Crippen LogP contribution in [0.4, 0.5) is 4.79 Å². The van der Waals surface area contributed by atoms with E-state index in [0.29, 0.717) is 6.42 Å². The average Bonchev–Trinajstić information content (AvgIpc) is 3.42. The molecule has 1 saturated heterocycles. The lowest BCUT2D eigenvalue weighted by atomic mass is 9.98. The molecule has 0 radical (unpaired) electrons. The van der Waals surface area contributed by atoms with Crippen molar-refractivity contribution in [2.75, 3.05) is 19.8 Å². The summed E-state index contributed by atoms with van der Waals surface area (Å²) in [5, 5.41) is 23.6. The van der Waals surface area contributed by atoms with Crippen molar-refractivity contribution in [3.8, 4) is 11.1 Å². The van der Waals surface area contributed by atoms with E-state index >= 15 is 0 Å². The van der Waals surface area contributed by atoms with Gasteiger partial charge in [0.15, 0.2) is 6.04 Å². The molecule has 9 heteroatoms. The Labute approximate surface area is 197 Å². The zero-order chi connectivity index (χ0) is 24.2. The van der Waals surface area contributed by atoms with Gasteiger partial charge in [-0.15, -0.1) is 0 Å². The van der Waals surface area contributed by atoms with E-state index in [1.54, 1.807) is 0 Å². The summed E-state index contributed by atoms with van der Waals surface area (Å²) in [5.74, 6) is -2.41. The Morgan fingerprint density at radius 1 is 1.09 bits per heavy atom. The number of carbonyl (C=O) groups excluding carboxylic acids is 2. The minimum absolute atomic E-state index is 0.0370. The number of nitrogens with one attached hydrogen (secondary N) is 2. The van der Waals surface area contributed by atoms with Crippen LogP contribution in [0.3, 0.4) is 0 Å². The van der Waals surface area contributed by atoms with Gasteiger partial charge in [-0.25, -0.2) is 9.59 Å². The molecular weight excluding hydrogens is 440 g/mol. The molecule has 0 unspecified atom stereocenters. The van der Waals surface area contributed by atoms with Gasteiger partial charge >= 0.3 is 12.1 Å². The highest BCUT2D eigenvalue weighted by Crippen LogP contribution is 2.44. The lowest BCUT2D eigenvalue weighted by molar-refractivity contribution is -0.145. The number of ether oxygens (including phenoxy) is 2. The molecule has 34 heavy (non-hydrogen) atoms. The van der Waals surface area contributed by atoms with Crippen molar-refractivity contribution in [3.05, 3.63) is 59.7 Å². The molecule has 4 atom stereocenters. The molecule has 0 spiro atoms. The predicted octanol–water partition coefficient (Wildman–Crippen LogP) is 1.88. The van der Waals surface area contributed by atoms with Crippen LogP contribution in [-0.4, -0.2) is 66.2 Å². The third-order valence-corrected chi connectivity index (χ3v) is 6.32. The Bertz CT molecular complexity index is 1030. The van der Waals surface area contributed by atoms with Crippen LogP contribution < -0.4 is 10.6 Å². The normalized spacial score (nSPS) is 20.6. The molecule has 9 nitrogen and oxygen atoms in total. The lowest BCUT2D eigenvalue weighted by Crippen LogP contribution is -2.49. The largest absolute Gasteiger partial charge is 0.480 e. The summed E-state index contributed by atoms with van der Waals surface area (Å²) < 4.78 is 11.1. The molecule has 0 bridgehead atoms. The maximum atomic E-state index is 12.3. The standard InChI is InChI=1S/C25H28N2O7/c1-14(28)22(24(30)31)27-23(29)15-10-16(33-12-15)11-26-25(32)34-13-21-19-8-4-2-6-17(19)18-7-3-5-9-20(18)21/h2-9,14-16,21-22,28H,10-13H2,1H3,(H,26,32)(H,27,29)(H,30,31)/t14-,15+,16+,22+/m1/s1. The van der Waals surface area contributed by atoms with E-state index in [0.717, 1.165) is 22.3 Å². The number of aliphatic hydroxyl groups is 1.